The topological polar surface area (TPSA) is 118 Å². The van der Waals surface area contributed by atoms with Crippen LogP contribution in [0.25, 0.3) is 0 Å². The molecule has 12 heavy (non-hydrogen) atoms. The van der Waals surface area contributed by atoms with Gasteiger partial charge >= 0.3 is 10.4 Å². The Balaban J connectivity index is 0. The molecule has 0 aliphatic carbocycles. The number of hydrogen-bond acceptors (Lipinski definition) is 5. The quantitative estimate of drug-likeness (QED) is 0.595. The van der Waals surface area contributed by atoms with Crippen molar-refractivity contribution >= 4 is 20.5 Å². The molecule has 0 spiro atoms. The average Bonchev–Trinajstić information content (AvgIpc) is 1.86. The van der Waals surface area contributed by atoms with Crippen LogP contribution in [-0.4, -0.2) is 38.8 Å². The lowest BCUT2D eigenvalue weighted by molar-refractivity contribution is 0.324. The van der Waals surface area contributed by atoms with Crippen LogP contribution in [-0.2, 0) is 24.7 Å². The molecule has 0 atom stereocenters. The molecular formula is C3H10O7S2. The summed E-state index contributed by atoms with van der Waals surface area (Å²) in [5.41, 5.74) is 0. The molecule has 0 aromatic rings. The normalized spacial score (nSPS) is 11.7. The van der Waals surface area contributed by atoms with Crippen LogP contribution in [0.5, 0.6) is 0 Å². The van der Waals surface area contributed by atoms with Crippen LogP contribution in [0, 0.1) is 0 Å². The van der Waals surface area contributed by atoms with Crippen molar-refractivity contribution in [2.75, 3.05) is 12.9 Å². The first-order valence-corrected chi connectivity index (χ1v) is 5.58. The van der Waals surface area contributed by atoms with Gasteiger partial charge in [0.2, 0.25) is 0 Å². The monoisotopic (exact) mass is 222 g/mol. The van der Waals surface area contributed by atoms with Crippen molar-refractivity contribution in [3.05, 3.63) is 0 Å². The van der Waals surface area contributed by atoms with Crippen LogP contribution < -0.4 is 0 Å². The molecule has 0 aromatic carbocycles. The van der Waals surface area contributed by atoms with Crippen LogP contribution in [0.2, 0.25) is 0 Å². The van der Waals surface area contributed by atoms with Gasteiger partial charge < -0.3 is 0 Å². The third-order valence-corrected chi connectivity index (χ3v) is 1.73. The summed E-state index contributed by atoms with van der Waals surface area (Å²) in [4.78, 5) is 0. The molecule has 0 aliphatic rings. The highest BCUT2D eigenvalue weighted by Crippen LogP contribution is 1.75. The first kappa shape index (κ1) is 14.3. The average molecular weight is 222 g/mol. The van der Waals surface area contributed by atoms with E-state index in [0.29, 0.717) is 0 Å². The van der Waals surface area contributed by atoms with E-state index in [1.54, 1.807) is 0 Å². The summed E-state index contributed by atoms with van der Waals surface area (Å²) in [6.45, 7) is 1.37. The summed E-state index contributed by atoms with van der Waals surface area (Å²) in [6, 6.07) is 0. The van der Waals surface area contributed by atoms with E-state index < -0.39 is 20.5 Å². The molecule has 0 fully saturated rings. The fourth-order valence-electron chi connectivity index (χ4n) is 0. The molecule has 0 rings (SSSR count). The minimum Gasteiger partial charge on any atom is -0.286 e. The van der Waals surface area contributed by atoms with Crippen LogP contribution in [0.15, 0.2) is 0 Å². The van der Waals surface area contributed by atoms with Gasteiger partial charge in [-0.3, -0.25) is 13.3 Å². The van der Waals surface area contributed by atoms with Crippen molar-refractivity contribution in [3.63, 3.8) is 0 Å². The van der Waals surface area contributed by atoms with Crippen molar-refractivity contribution in [3.8, 4) is 0 Å². The number of rotatable bonds is 2. The van der Waals surface area contributed by atoms with Crippen molar-refractivity contribution < 1.29 is 30.1 Å². The predicted molar refractivity (Wildman–Crippen MR) is 40.6 cm³/mol. The summed E-state index contributed by atoms with van der Waals surface area (Å²) in [7, 11) is -6.95. The third-order valence-electron chi connectivity index (χ3n) is 0.575. The Bertz CT molecular complexity index is 253. The summed E-state index contributed by atoms with van der Waals surface area (Å²) in [5.74, 6) is -0.201. The molecule has 0 aliphatic heterocycles. The zero-order chi connectivity index (χ0) is 10.4. The summed E-state index contributed by atoms with van der Waals surface area (Å²) in [6.07, 6.45) is 0. The molecule has 0 radical (unpaired) electrons. The Morgan fingerprint density at radius 1 is 1.17 bits per heavy atom. The highest BCUT2D eigenvalue weighted by Gasteiger charge is 1.94. The lowest BCUT2D eigenvalue weighted by atomic mass is 11.0. The van der Waals surface area contributed by atoms with Crippen molar-refractivity contribution in [2.24, 2.45) is 0 Å². The first-order valence-electron chi connectivity index (χ1n) is 2.60. The predicted octanol–water partition coefficient (Wildman–Crippen LogP) is -0.670. The van der Waals surface area contributed by atoms with Gasteiger partial charge in [0.25, 0.3) is 10.1 Å². The fourth-order valence-corrected chi connectivity index (χ4v) is 0. The van der Waals surface area contributed by atoms with E-state index in [2.05, 4.69) is 4.18 Å². The van der Waals surface area contributed by atoms with Gasteiger partial charge in [-0.25, -0.2) is 0 Å². The highest BCUT2D eigenvalue weighted by molar-refractivity contribution is 7.85. The zero-order valence-corrected chi connectivity index (χ0v) is 8.09. The van der Waals surface area contributed by atoms with Gasteiger partial charge in [0.15, 0.2) is 0 Å². The Labute approximate surface area is 71.1 Å². The zero-order valence-electron chi connectivity index (χ0n) is 6.46. The van der Waals surface area contributed by atoms with Gasteiger partial charge in [-0.05, 0) is 6.92 Å². The molecule has 0 unspecified atom stereocenters. The lowest BCUT2D eigenvalue weighted by Gasteiger charge is -1.82. The fraction of sp³-hybridized carbons (Fsp3) is 1.00. The molecule has 0 bridgehead atoms. The Kier molecular flexibility index (Phi) is 6.48. The molecule has 0 saturated heterocycles. The molecule has 0 heterocycles. The minimum atomic E-state index is -4.16. The molecule has 76 valence electrons. The van der Waals surface area contributed by atoms with E-state index in [0.717, 1.165) is 7.11 Å². The van der Waals surface area contributed by atoms with Crippen molar-refractivity contribution in [1.82, 2.24) is 0 Å². The molecule has 7 nitrogen and oxygen atoms in total. The second kappa shape index (κ2) is 5.43. The molecular weight excluding hydrogens is 212 g/mol. The Morgan fingerprint density at radius 3 is 1.33 bits per heavy atom. The van der Waals surface area contributed by atoms with E-state index in [1.807, 2.05) is 0 Å². The van der Waals surface area contributed by atoms with E-state index in [9.17, 15) is 16.8 Å². The maximum atomic E-state index is 9.56. The van der Waals surface area contributed by atoms with Crippen LogP contribution in [0.4, 0.5) is 0 Å². The smallest absolute Gasteiger partial charge is 0.286 e. The van der Waals surface area contributed by atoms with Gasteiger partial charge in [0.05, 0.1) is 12.9 Å². The van der Waals surface area contributed by atoms with Crippen molar-refractivity contribution in [2.45, 2.75) is 6.92 Å². The molecule has 0 aromatic heterocycles. The van der Waals surface area contributed by atoms with Gasteiger partial charge in [0, 0.05) is 0 Å². The second-order valence-corrected chi connectivity index (χ2v) is 4.39. The summed E-state index contributed by atoms with van der Waals surface area (Å²) in [5, 5.41) is 0. The molecule has 0 saturated carbocycles. The minimum absolute atomic E-state index is 0.201. The van der Waals surface area contributed by atoms with E-state index >= 15 is 0 Å². The maximum absolute atomic E-state index is 9.56. The van der Waals surface area contributed by atoms with Gasteiger partial charge in [-0.2, -0.15) is 16.8 Å². The van der Waals surface area contributed by atoms with Gasteiger partial charge in [-0.15, -0.1) is 0 Å². The largest absolute Gasteiger partial charge is 0.397 e. The first-order chi connectivity index (χ1) is 5.12. The van der Waals surface area contributed by atoms with Crippen LogP contribution >= 0.6 is 0 Å². The maximum Gasteiger partial charge on any atom is 0.397 e. The summed E-state index contributed by atoms with van der Waals surface area (Å²) >= 11 is 0. The second-order valence-electron chi connectivity index (χ2n) is 1.46. The SMILES string of the molecule is CCS(=O)(=O)O.COS(=O)(=O)O. The van der Waals surface area contributed by atoms with E-state index in [-0.39, 0.29) is 5.75 Å². The van der Waals surface area contributed by atoms with Crippen LogP contribution in [0.3, 0.4) is 0 Å². The lowest BCUT2D eigenvalue weighted by Crippen LogP contribution is -1.97. The van der Waals surface area contributed by atoms with E-state index in [1.165, 1.54) is 6.92 Å². The Morgan fingerprint density at radius 2 is 1.33 bits per heavy atom. The third kappa shape index (κ3) is 22.6. The molecule has 9 heteroatoms. The standard InChI is InChI=1S/C2H6O3S.CH4O4S/c1-2-6(3,4)5;1-5-6(2,3)4/h2H2,1H3,(H,3,4,5);1H3,(H,2,3,4). The Hall–Kier alpha value is -0.220. The van der Waals surface area contributed by atoms with Crippen LogP contribution in [0.1, 0.15) is 6.92 Å². The van der Waals surface area contributed by atoms with E-state index in [4.69, 9.17) is 9.11 Å². The summed E-state index contributed by atoms with van der Waals surface area (Å²) < 4.78 is 56.6. The number of hydrogen-bond donors (Lipinski definition) is 2. The van der Waals surface area contributed by atoms with Gasteiger partial charge in [0.1, 0.15) is 0 Å². The molecule has 2 N–H and O–H groups in total. The van der Waals surface area contributed by atoms with Crippen molar-refractivity contribution in [1.29, 1.82) is 0 Å². The molecule has 0 amide bonds. The van der Waals surface area contributed by atoms with Gasteiger partial charge in [-0.1, -0.05) is 0 Å². The highest BCUT2D eigenvalue weighted by atomic mass is 32.3.